The molecular weight excluding hydrogens is 354 g/mol. The summed E-state index contributed by atoms with van der Waals surface area (Å²) < 4.78 is 23.2. The predicted molar refractivity (Wildman–Crippen MR) is 97.0 cm³/mol. The van der Waals surface area contributed by atoms with E-state index in [2.05, 4.69) is 4.98 Å². The molecule has 1 aliphatic carbocycles. The van der Waals surface area contributed by atoms with Gasteiger partial charge in [-0.05, 0) is 37.0 Å². The summed E-state index contributed by atoms with van der Waals surface area (Å²) in [5, 5.41) is 0. The van der Waals surface area contributed by atoms with Gasteiger partial charge in [0.25, 0.3) is 0 Å². The van der Waals surface area contributed by atoms with Crippen LogP contribution in [0.1, 0.15) is 18.4 Å². The van der Waals surface area contributed by atoms with Gasteiger partial charge in [0, 0.05) is 39.1 Å². The minimum atomic E-state index is -3.03. The third-order valence-corrected chi connectivity index (χ3v) is 7.14. The Kier molecular flexibility index (Phi) is 5.32. The van der Waals surface area contributed by atoms with Crippen molar-refractivity contribution in [3.8, 4) is 0 Å². The third kappa shape index (κ3) is 4.23. The molecule has 3 unspecified atom stereocenters. The van der Waals surface area contributed by atoms with Gasteiger partial charge in [-0.3, -0.25) is 14.6 Å². The van der Waals surface area contributed by atoms with Crippen LogP contribution in [0, 0.1) is 11.8 Å². The van der Waals surface area contributed by atoms with Crippen LogP contribution < -0.4 is 0 Å². The van der Waals surface area contributed by atoms with Crippen molar-refractivity contribution in [3.05, 3.63) is 30.1 Å². The topological polar surface area (TPSA) is 87.7 Å². The summed E-state index contributed by atoms with van der Waals surface area (Å²) in [6.45, 7) is 0.594. The molecule has 3 rings (SSSR count). The molecule has 26 heavy (non-hydrogen) atoms. The maximum Gasteiger partial charge on any atom is 0.226 e. The molecule has 142 valence electrons. The summed E-state index contributed by atoms with van der Waals surface area (Å²) in [5.41, 5.74) is 1.12. The van der Waals surface area contributed by atoms with E-state index in [0.29, 0.717) is 19.4 Å². The number of amides is 2. The zero-order chi connectivity index (χ0) is 18.9. The van der Waals surface area contributed by atoms with Gasteiger partial charge < -0.3 is 9.80 Å². The van der Waals surface area contributed by atoms with Crippen molar-refractivity contribution in [3.63, 3.8) is 0 Å². The Morgan fingerprint density at radius 1 is 1.15 bits per heavy atom. The lowest BCUT2D eigenvalue weighted by molar-refractivity contribution is -0.137. The van der Waals surface area contributed by atoms with Gasteiger partial charge in [0.2, 0.25) is 11.8 Å². The largest absolute Gasteiger partial charge is 0.345 e. The smallest absolute Gasteiger partial charge is 0.226 e. The van der Waals surface area contributed by atoms with Crippen molar-refractivity contribution in [1.82, 2.24) is 14.8 Å². The third-order valence-electron chi connectivity index (χ3n) is 5.39. The van der Waals surface area contributed by atoms with Gasteiger partial charge in [0.1, 0.15) is 0 Å². The molecule has 1 aromatic heterocycles. The van der Waals surface area contributed by atoms with Gasteiger partial charge in [-0.1, -0.05) is 0 Å². The van der Waals surface area contributed by atoms with Crippen LogP contribution in [-0.2, 0) is 25.8 Å². The molecule has 0 bridgehead atoms. The van der Waals surface area contributed by atoms with E-state index in [4.69, 9.17) is 0 Å². The second-order valence-corrected chi connectivity index (χ2v) is 9.55. The van der Waals surface area contributed by atoms with Gasteiger partial charge in [-0.15, -0.1) is 0 Å². The second-order valence-electron chi connectivity index (χ2n) is 7.32. The van der Waals surface area contributed by atoms with E-state index in [0.717, 1.165) is 12.0 Å². The van der Waals surface area contributed by atoms with Gasteiger partial charge >= 0.3 is 0 Å². The number of rotatable bonds is 6. The molecule has 1 aliphatic heterocycles. The van der Waals surface area contributed by atoms with E-state index in [-0.39, 0.29) is 41.2 Å². The van der Waals surface area contributed by atoms with Crippen LogP contribution >= 0.6 is 0 Å². The molecule has 0 radical (unpaired) electrons. The number of sulfone groups is 1. The molecule has 2 amide bonds. The first-order chi connectivity index (χ1) is 12.3. The molecule has 7 nitrogen and oxygen atoms in total. The number of aromatic nitrogens is 1. The van der Waals surface area contributed by atoms with Gasteiger partial charge in [0.05, 0.1) is 23.3 Å². The quantitative estimate of drug-likeness (QED) is 0.712. The van der Waals surface area contributed by atoms with Crippen LogP contribution in [0.5, 0.6) is 0 Å². The Bertz CT molecular complexity index is 781. The number of hydrogen-bond donors (Lipinski definition) is 0. The zero-order valence-corrected chi connectivity index (χ0v) is 16.0. The van der Waals surface area contributed by atoms with Crippen molar-refractivity contribution in [2.24, 2.45) is 11.8 Å². The normalized spacial score (nSPS) is 26.3. The maximum absolute atomic E-state index is 12.6. The molecule has 2 fully saturated rings. The molecule has 0 spiro atoms. The molecule has 8 heteroatoms. The molecule has 1 aromatic rings. The summed E-state index contributed by atoms with van der Waals surface area (Å²) in [4.78, 5) is 32.3. The standard InChI is InChI=1S/C18H25N3O4S/c1-20(9-5-13-3-7-19-8-4-13)17(22)15-11-16(15)18(23)21(2)14-6-10-26(24,25)12-14/h3-4,7-8,14-16H,5-6,9-12H2,1-2H3. The lowest BCUT2D eigenvalue weighted by atomic mass is 10.1. The summed E-state index contributed by atoms with van der Waals surface area (Å²) in [6.07, 6.45) is 5.25. The lowest BCUT2D eigenvalue weighted by Crippen LogP contribution is -2.40. The average molecular weight is 379 g/mol. The highest BCUT2D eigenvalue weighted by Crippen LogP contribution is 2.41. The Labute approximate surface area is 154 Å². The fourth-order valence-electron chi connectivity index (χ4n) is 3.50. The molecule has 2 aliphatic rings. The summed E-state index contributed by atoms with van der Waals surface area (Å²) >= 11 is 0. The van der Waals surface area contributed by atoms with Crippen LogP contribution in [0.2, 0.25) is 0 Å². The van der Waals surface area contributed by atoms with Crippen LogP contribution in [0.4, 0.5) is 0 Å². The molecule has 1 saturated heterocycles. The summed E-state index contributed by atoms with van der Waals surface area (Å²) in [7, 11) is 0.384. The van der Waals surface area contributed by atoms with E-state index in [1.54, 1.807) is 36.3 Å². The lowest BCUT2D eigenvalue weighted by Gasteiger charge is -2.24. The van der Waals surface area contributed by atoms with Crippen LogP contribution in [0.3, 0.4) is 0 Å². The highest BCUT2D eigenvalue weighted by molar-refractivity contribution is 7.91. The number of carbonyl (C=O) groups is 2. The Morgan fingerprint density at radius 3 is 2.42 bits per heavy atom. The number of carbonyl (C=O) groups excluding carboxylic acids is 2. The van der Waals surface area contributed by atoms with E-state index >= 15 is 0 Å². The maximum atomic E-state index is 12.6. The molecule has 3 atom stereocenters. The van der Waals surface area contributed by atoms with Crippen LogP contribution in [0.15, 0.2) is 24.5 Å². The minimum absolute atomic E-state index is 0.00940. The molecule has 0 aromatic carbocycles. The van der Waals surface area contributed by atoms with Gasteiger partial charge in [0.15, 0.2) is 9.84 Å². The van der Waals surface area contributed by atoms with E-state index in [1.165, 1.54) is 0 Å². The van der Waals surface area contributed by atoms with E-state index < -0.39 is 9.84 Å². The van der Waals surface area contributed by atoms with Crippen LogP contribution in [0.25, 0.3) is 0 Å². The van der Waals surface area contributed by atoms with Crippen molar-refractivity contribution < 1.29 is 18.0 Å². The highest BCUT2D eigenvalue weighted by Gasteiger charge is 2.51. The fourth-order valence-corrected chi connectivity index (χ4v) is 5.28. The first-order valence-corrected chi connectivity index (χ1v) is 10.7. The van der Waals surface area contributed by atoms with Crippen molar-refractivity contribution in [2.45, 2.75) is 25.3 Å². The minimum Gasteiger partial charge on any atom is -0.345 e. The highest BCUT2D eigenvalue weighted by atomic mass is 32.2. The molecule has 1 saturated carbocycles. The van der Waals surface area contributed by atoms with Gasteiger partial charge in [-0.25, -0.2) is 8.42 Å². The summed E-state index contributed by atoms with van der Waals surface area (Å²) in [6, 6.07) is 3.59. The summed E-state index contributed by atoms with van der Waals surface area (Å²) in [5.74, 6) is -0.519. The first kappa shape index (κ1) is 18.8. The Morgan fingerprint density at radius 2 is 1.81 bits per heavy atom. The van der Waals surface area contributed by atoms with E-state index in [1.807, 2.05) is 12.1 Å². The Hall–Kier alpha value is -1.96. The number of hydrogen-bond acceptors (Lipinski definition) is 5. The van der Waals surface area contributed by atoms with E-state index in [9.17, 15) is 18.0 Å². The zero-order valence-electron chi connectivity index (χ0n) is 15.2. The predicted octanol–water partition coefficient (Wildman–Crippen LogP) is 0.364. The SMILES string of the molecule is CN(CCc1ccncc1)C(=O)C1CC1C(=O)N(C)C1CCS(=O)(=O)C1. The number of nitrogens with zero attached hydrogens (tertiary/aromatic N) is 3. The van der Waals surface area contributed by atoms with Crippen LogP contribution in [-0.4, -0.2) is 73.2 Å². The van der Waals surface area contributed by atoms with Crippen molar-refractivity contribution in [1.29, 1.82) is 0 Å². The first-order valence-electron chi connectivity index (χ1n) is 8.89. The molecule has 2 heterocycles. The van der Waals surface area contributed by atoms with Crippen molar-refractivity contribution >= 4 is 21.7 Å². The second kappa shape index (κ2) is 7.34. The van der Waals surface area contributed by atoms with Gasteiger partial charge in [-0.2, -0.15) is 0 Å². The monoisotopic (exact) mass is 379 g/mol. The Balaban J connectivity index is 1.49. The number of pyridine rings is 1. The van der Waals surface area contributed by atoms with Crippen molar-refractivity contribution in [2.75, 3.05) is 32.1 Å². The fraction of sp³-hybridized carbons (Fsp3) is 0.611. The molecule has 0 N–H and O–H groups in total. The average Bonchev–Trinajstić information content (AvgIpc) is 3.35. The molecular formula is C18H25N3O4S. The number of likely N-dealkylation sites (N-methyl/N-ethyl adjacent to an activating group) is 1.